The third kappa shape index (κ3) is 6.99. The molecule has 0 saturated carbocycles. The molecule has 1 unspecified atom stereocenters. The first-order valence-electron chi connectivity index (χ1n) is 9.06. The molecule has 1 aliphatic heterocycles. The van der Waals surface area contributed by atoms with Crippen LogP contribution >= 0.6 is 34.8 Å². The number of alkyl halides is 3. The van der Waals surface area contributed by atoms with E-state index in [2.05, 4.69) is 5.32 Å². The van der Waals surface area contributed by atoms with Crippen molar-refractivity contribution in [1.29, 1.82) is 5.41 Å². The van der Waals surface area contributed by atoms with Crippen LogP contribution in [0.15, 0.2) is 30.3 Å². The number of esters is 1. The number of amides is 1. The maximum Gasteiger partial charge on any atom is 0.303 e. The predicted molar refractivity (Wildman–Crippen MR) is 112 cm³/mol. The first kappa shape index (κ1) is 24.7. The maximum absolute atomic E-state index is 11.9. The Morgan fingerprint density at radius 1 is 1.13 bits per heavy atom. The van der Waals surface area contributed by atoms with Gasteiger partial charge in [0.05, 0.1) is 12.7 Å². The SMILES string of the molecule is CC(=O)N[C@H]1[C@@H](OC(C)=O)[C@@H](C)OC(OC(=N)C(Cl)(Cl)Cl)[C@@H]1OCc1ccccc1. The highest BCUT2D eigenvalue weighted by Gasteiger charge is 2.50. The van der Waals surface area contributed by atoms with Crippen molar-refractivity contribution < 1.29 is 28.5 Å². The molecule has 11 heteroatoms. The van der Waals surface area contributed by atoms with Crippen LogP contribution in [0, 0.1) is 5.41 Å². The van der Waals surface area contributed by atoms with E-state index >= 15 is 0 Å². The topological polar surface area (TPSA) is 107 Å². The summed E-state index contributed by atoms with van der Waals surface area (Å²) in [4.78, 5) is 23.5. The lowest BCUT2D eigenvalue weighted by Crippen LogP contribution is -2.65. The zero-order valence-electron chi connectivity index (χ0n) is 16.6. The van der Waals surface area contributed by atoms with Crippen LogP contribution in [-0.4, -0.2) is 52.2 Å². The van der Waals surface area contributed by atoms with Crippen molar-refractivity contribution in [3.63, 3.8) is 0 Å². The highest BCUT2D eigenvalue weighted by molar-refractivity contribution is 6.76. The van der Waals surface area contributed by atoms with Gasteiger partial charge in [-0.2, -0.15) is 0 Å². The molecular formula is C19H23Cl3N2O6. The van der Waals surface area contributed by atoms with Gasteiger partial charge in [0.1, 0.15) is 12.1 Å². The van der Waals surface area contributed by atoms with Crippen molar-refractivity contribution in [3.8, 4) is 0 Å². The van der Waals surface area contributed by atoms with Gasteiger partial charge in [-0.3, -0.25) is 15.0 Å². The van der Waals surface area contributed by atoms with E-state index in [1.807, 2.05) is 30.3 Å². The van der Waals surface area contributed by atoms with Gasteiger partial charge in [0.25, 0.3) is 3.79 Å². The molecule has 0 radical (unpaired) electrons. The van der Waals surface area contributed by atoms with Gasteiger partial charge in [-0.1, -0.05) is 65.1 Å². The summed E-state index contributed by atoms with van der Waals surface area (Å²) in [6, 6.07) is 8.41. The highest BCUT2D eigenvalue weighted by Crippen LogP contribution is 2.32. The van der Waals surface area contributed by atoms with Gasteiger partial charge in [0.15, 0.2) is 6.10 Å². The lowest BCUT2D eigenvalue weighted by molar-refractivity contribution is -0.263. The molecule has 2 N–H and O–H groups in total. The summed E-state index contributed by atoms with van der Waals surface area (Å²) in [5.74, 6) is -1.61. The molecule has 8 nitrogen and oxygen atoms in total. The molecular weight excluding hydrogens is 459 g/mol. The summed E-state index contributed by atoms with van der Waals surface area (Å²) in [5, 5.41) is 10.6. The highest BCUT2D eigenvalue weighted by atomic mass is 35.6. The molecule has 1 heterocycles. The smallest absolute Gasteiger partial charge is 0.303 e. The third-order valence-electron chi connectivity index (χ3n) is 4.24. The van der Waals surface area contributed by atoms with E-state index in [9.17, 15) is 9.59 Å². The molecule has 166 valence electrons. The molecule has 2 rings (SSSR count). The van der Waals surface area contributed by atoms with E-state index < -0.39 is 46.3 Å². The van der Waals surface area contributed by atoms with Crippen LogP contribution in [0.25, 0.3) is 0 Å². The minimum absolute atomic E-state index is 0.132. The van der Waals surface area contributed by atoms with Gasteiger partial charge in [0.2, 0.25) is 18.1 Å². The van der Waals surface area contributed by atoms with Crippen molar-refractivity contribution in [1.82, 2.24) is 5.32 Å². The molecule has 1 amide bonds. The summed E-state index contributed by atoms with van der Waals surface area (Å²) in [7, 11) is 0. The number of rotatable bonds is 6. The molecule has 0 aromatic heterocycles. The second-order valence-corrected chi connectivity index (χ2v) is 9.00. The van der Waals surface area contributed by atoms with Crippen LogP contribution in [0.2, 0.25) is 0 Å². The molecule has 1 aliphatic rings. The number of carbonyl (C=O) groups is 2. The number of carbonyl (C=O) groups excluding carboxylic acids is 2. The van der Waals surface area contributed by atoms with E-state index in [-0.39, 0.29) is 12.5 Å². The van der Waals surface area contributed by atoms with Crippen molar-refractivity contribution >= 4 is 52.6 Å². The van der Waals surface area contributed by atoms with Crippen molar-refractivity contribution in [2.24, 2.45) is 0 Å². The van der Waals surface area contributed by atoms with Crippen LogP contribution in [-0.2, 0) is 35.1 Å². The molecule has 0 bridgehead atoms. The normalized spacial score (nSPS) is 26.5. The Hall–Kier alpha value is -1.58. The summed E-state index contributed by atoms with van der Waals surface area (Å²) in [6.07, 6.45) is -3.78. The number of benzene rings is 1. The Balaban J connectivity index is 2.33. The maximum atomic E-state index is 11.9. The summed E-state index contributed by atoms with van der Waals surface area (Å²) < 4.78 is 20.5. The molecule has 1 saturated heterocycles. The van der Waals surface area contributed by atoms with Crippen molar-refractivity contribution in [2.45, 2.75) is 61.8 Å². The van der Waals surface area contributed by atoms with Gasteiger partial charge in [-0.15, -0.1) is 0 Å². The lowest BCUT2D eigenvalue weighted by Gasteiger charge is -2.44. The molecule has 1 aromatic rings. The molecule has 1 fully saturated rings. The number of ether oxygens (including phenoxy) is 4. The average Bonchev–Trinajstić information content (AvgIpc) is 2.63. The van der Waals surface area contributed by atoms with Gasteiger partial charge in [-0.05, 0) is 12.5 Å². The largest absolute Gasteiger partial charge is 0.457 e. The van der Waals surface area contributed by atoms with Gasteiger partial charge >= 0.3 is 5.97 Å². The standard InChI is InChI=1S/C19H23Cl3N2O6/c1-10-15(29-12(3)26)14(24-11(2)25)16(27-9-13-7-5-4-6-8-13)17(28-10)30-18(23)19(20,21)22/h4-8,10,14-17,23H,9H2,1-3H3,(H,24,25)/t10-,14+,15+,16-,17?/m1/s1. The zero-order chi connectivity index (χ0) is 22.5. The quantitative estimate of drug-likeness (QED) is 0.280. The van der Waals surface area contributed by atoms with Gasteiger partial charge in [-0.25, -0.2) is 0 Å². The van der Waals surface area contributed by atoms with E-state index in [1.165, 1.54) is 13.8 Å². The van der Waals surface area contributed by atoms with E-state index in [4.69, 9.17) is 59.2 Å². The monoisotopic (exact) mass is 480 g/mol. The van der Waals surface area contributed by atoms with Crippen LogP contribution in [0.4, 0.5) is 0 Å². The van der Waals surface area contributed by atoms with Crippen LogP contribution in [0.3, 0.4) is 0 Å². The second-order valence-electron chi connectivity index (χ2n) is 6.72. The molecule has 0 spiro atoms. The number of nitrogens with one attached hydrogen (secondary N) is 2. The first-order valence-corrected chi connectivity index (χ1v) is 10.2. The zero-order valence-corrected chi connectivity index (χ0v) is 18.8. The van der Waals surface area contributed by atoms with Gasteiger partial charge < -0.3 is 24.3 Å². The number of hydrogen-bond donors (Lipinski definition) is 2. The van der Waals surface area contributed by atoms with E-state index in [0.29, 0.717) is 0 Å². The second kappa shape index (κ2) is 10.6. The van der Waals surface area contributed by atoms with Crippen molar-refractivity contribution in [2.75, 3.05) is 0 Å². The third-order valence-corrected chi connectivity index (χ3v) is 4.75. The average molecular weight is 482 g/mol. The van der Waals surface area contributed by atoms with Gasteiger partial charge in [0, 0.05) is 13.8 Å². The Bertz CT molecular complexity index is 758. The van der Waals surface area contributed by atoms with Crippen LogP contribution in [0.5, 0.6) is 0 Å². The van der Waals surface area contributed by atoms with Crippen LogP contribution in [0.1, 0.15) is 26.3 Å². The first-order chi connectivity index (χ1) is 14.0. The Morgan fingerprint density at radius 3 is 2.30 bits per heavy atom. The predicted octanol–water partition coefficient (Wildman–Crippen LogP) is 3.12. The Kier molecular flexibility index (Phi) is 8.75. The fraction of sp³-hybridized carbons (Fsp3) is 0.526. The molecule has 1 aromatic carbocycles. The van der Waals surface area contributed by atoms with Crippen molar-refractivity contribution in [3.05, 3.63) is 35.9 Å². The summed E-state index contributed by atoms with van der Waals surface area (Å²) >= 11 is 17.2. The Morgan fingerprint density at radius 2 is 1.77 bits per heavy atom. The fourth-order valence-electron chi connectivity index (χ4n) is 3.00. The lowest BCUT2D eigenvalue weighted by atomic mass is 9.96. The fourth-order valence-corrected chi connectivity index (χ4v) is 3.13. The summed E-state index contributed by atoms with van der Waals surface area (Å²) in [5.41, 5.74) is 0.844. The minimum Gasteiger partial charge on any atom is -0.457 e. The molecule has 30 heavy (non-hydrogen) atoms. The van der Waals surface area contributed by atoms with E-state index in [1.54, 1.807) is 6.92 Å². The molecule has 0 aliphatic carbocycles. The number of halogens is 3. The molecule has 5 atom stereocenters. The number of hydrogen-bond acceptors (Lipinski definition) is 7. The Labute approximate surface area is 189 Å². The summed E-state index contributed by atoms with van der Waals surface area (Å²) in [6.45, 7) is 4.33. The minimum atomic E-state index is -2.12. The van der Waals surface area contributed by atoms with E-state index in [0.717, 1.165) is 5.56 Å². The van der Waals surface area contributed by atoms with Crippen LogP contribution < -0.4 is 5.32 Å².